The van der Waals surface area contributed by atoms with Crippen LogP contribution in [0.4, 0.5) is 0 Å². The van der Waals surface area contributed by atoms with E-state index in [1.54, 1.807) is 7.11 Å². The molecule has 118 valence electrons. The Bertz CT molecular complexity index is 256. The number of hydrogen-bond donors (Lipinski definition) is 2. The number of guanidine groups is 1. The molecule has 0 aromatic rings. The molecule has 1 heterocycles. The van der Waals surface area contributed by atoms with Gasteiger partial charge in [-0.05, 0) is 26.2 Å². The van der Waals surface area contributed by atoms with Gasteiger partial charge >= 0.3 is 0 Å². The summed E-state index contributed by atoms with van der Waals surface area (Å²) >= 11 is 0. The van der Waals surface area contributed by atoms with E-state index in [9.17, 15) is 0 Å². The van der Waals surface area contributed by atoms with Crippen LogP contribution in [-0.4, -0.2) is 65.2 Å². The van der Waals surface area contributed by atoms with Crippen LogP contribution in [0, 0.1) is 0 Å². The Morgan fingerprint density at radius 3 is 2.95 bits per heavy atom. The lowest BCUT2D eigenvalue weighted by Crippen LogP contribution is -2.39. The molecule has 1 rings (SSSR count). The van der Waals surface area contributed by atoms with Gasteiger partial charge < -0.3 is 24.8 Å². The maximum atomic E-state index is 5.60. The number of aliphatic imine (C=N–C) groups is 1. The summed E-state index contributed by atoms with van der Waals surface area (Å²) in [4.78, 5) is 4.46. The fraction of sp³-hybridized carbons (Fsp3) is 0.929. The van der Waals surface area contributed by atoms with Gasteiger partial charge in [-0.2, -0.15) is 0 Å². The van der Waals surface area contributed by atoms with Crippen LogP contribution in [0.2, 0.25) is 0 Å². The van der Waals surface area contributed by atoms with Crippen molar-refractivity contribution >= 4 is 5.96 Å². The number of hydrogen-bond acceptors (Lipinski definition) is 4. The number of rotatable bonds is 10. The molecule has 2 N–H and O–H groups in total. The molecule has 1 aliphatic heterocycles. The molecule has 1 aliphatic rings. The standard InChI is InChI=1S/C14H29N3O3/c1-3-15-14(16-7-5-9-18-2)17-8-11-19-12-13-6-4-10-20-13/h13H,3-12H2,1-2H3,(H2,15,16,17). The zero-order valence-electron chi connectivity index (χ0n) is 12.8. The van der Waals surface area contributed by atoms with E-state index >= 15 is 0 Å². The van der Waals surface area contributed by atoms with E-state index in [4.69, 9.17) is 14.2 Å². The molecule has 20 heavy (non-hydrogen) atoms. The Morgan fingerprint density at radius 1 is 1.35 bits per heavy atom. The third-order valence-corrected chi connectivity index (χ3v) is 2.99. The highest BCUT2D eigenvalue weighted by Crippen LogP contribution is 2.11. The summed E-state index contributed by atoms with van der Waals surface area (Å²) in [6.45, 7) is 7.42. The molecular weight excluding hydrogens is 258 g/mol. The van der Waals surface area contributed by atoms with Crippen molar-refractivity contribution < 1.29 is 14.2 Å². The van der Waals surface area contributed by atoms with E-state index in [1.165, 1.54) is 0 Å². The summed E-state index contributed by atoms with van der Waals surface area (Å²) in [6.07, 6.45) is 3.51. The van der Waals surface area contributed by atoms with Crippen molar-refractivity contribution in [1.29, 1.82) is 0 Å². The van der Waals surface area contributed by atoms with Gasteiger partial charge in [-0.1, -0.05) is 0 Å². The minimum atomic E-state index is 0.297. The van der Waals surface area contributed by atoms with Crippen LogP contribution >= 0.6 is 0 Å². The van der Waals surface area contributed by atoms with Crippen LogP contribution in [0.3, 0.4) is 0 Å². The van der Waals surface area contributed by atoms with E-state index in [1.807, 2.05) is 0 Å². The summed E-state index contributed by atoms with van der Waals surface area (Å²) in [5.41, 5.74) is 0. The van der Waals surface area contributed by atoms with Gasteiger partial charge in [-0.15, -0.1) is 0 Å². The largest absolute Gasteiger partial charge is 0.385 e. The fourth-order valence-corrected chi connectivity index (χ4v) is 1.97. The third kappa shape index (κ3) is 8.35. The van der Waals surface area contributed by atoms with Crippen LogP contribution in [0.25, 0.3) is 0 Å². The molecule has 0 saturated carbocycles. The second-order valence-corrected chi connectivity index (χ2v) is 4.74. The molecule has 1 fully saturated rings. The molecule has 0 aromatic carbocycles. The highest BCUT2D eigenvalue weighted by molar-refractivity contribution is 5.79. The molecule has 1 saturated heterocycles. The molecule has 0 amide bonds. The summed E-state index contributed by atoms with van der Waals surface area (Å²) < 4.78 is 16.1. The van der Waals surface area contributed by atoms with E-state index in [0.717, 1.165) is 58.1 Å². The number of methoxy groups -OCH3 is 1. The molecule has 0 aliphatic carbocycles. The maximum absolute atomic E-state index is 5.60. The molecule has 0 spiro atoms. The fourth-order valence-electron chi connectivity index (χ4n) is 1.97. The first-order valence-corrected chi connectivity index (χ1v) is 7.57. The highest BCUT2D eigenvalue weighted by atomic mass is 16.5. The lowest BCUT2D eigenvalue weighted by atomic mass is 10.2. The summed E-state index contributed by atoms with van der Waals surface area (Å²) in [5, 5.41) is 6.46. The van der Waals surface area contributed by atoms with Crippen LogP contribution < -0.4 is 10.6 Å². The SMILES string of the molecule is CCNC(=NCCCOC)NCCOCC1CCCO1. The van der Waals surface area contributed by atoms with Crippen LogP contribution in [-0.2, 0) is 14.2 Å². The van der Waals surface area contributed by atoms with Gasteiger partial charge in [-0.25, -0.2) is 0 Å². The Balaban J connectivity index is 2.04. The first kappa shape index (κ1) is 17.2. The van der Waals surface area contributed by atoms with Gasteiger partial charge in [0.25, 0.3) is 0 Å². The molecule has 6 nitrogen and oxygen atoms in total. The number of ether oxygens (including phenoxy) is 3. The van der Waals surface area contributed by atoms with Crippen LogP contribution in [0.5, 0.6) is 0 Å². The van der Waals surface area contributed by atoms with Crippen molar-refractivity contribution in [2.45, 2.75) is 32.3 Å². The molecule has 6 heteroatoms. The molecule has 1 unspecified atom stereocenters. The minimum Gasteiger partial charge on any atom is -0.385 e. The molecular formula is C14H29N3O3. The lowest BCUT2D eigenvalue weighted by molar-refractivity contribution is 0.0191. The molecule has 0 bridgehead atoms. The van der Waals surface area contributed by atoms with E-state index < -0.39 is 0 Å². The van der Waals surface area contributed by atoms with Crippen LogP contribution in [0.1, 0.15) is 26.2 Å². The van der Waals surface area contributed by atoms with Gasteiger partial charge in [0.05, 0.1) is 19.3 Å². The quantitative estimate of drug-likeness (QED) is 0.353. The normalized spacial score (nSPS) is 19.3. The monoisotopic (exact) mass is 287 g/mol. The number of nitrogens with zero attached hydrogens (tertiary/aromatic N) is 1. The lowest BCUT2D eigenvalue weighted by Gasteiger charge is -2.13. The van der Waals surface area contributed by atoms with Crippen molar-refractivity contribution in [1.82, 2.24) is 10.6 Å². The summed E-state index contributed by atoms with van der Waals surface area (Å²) in [7, 11) is 1.71. The van der Waals surface area contributed by atoms with Crippen molar-refractivity contribution in [3.8, 4) is 0 Å². The van der Waals surface area contributed by atoms with Crippen molar-refractivity contribution in [3.05, 3.63) is 0 Å². The molecule has 1 atom stereocenters. The zero-order chi connectivity index (χ0) is 14.5. The summed E-state index contributed by atoms with van der Waals surface area (Å²) in [6, 6.07) is 0. The first-order valence-electron chi connectivity index (χ1n) is 7.57. The molecule has 0 radical (unpaired) electrons. The smallest absolute Gasteiger partial charge is 0.191 e. The van der Waals surface area contributed by atoms with Gasteiger partial charge in [0, 0.05) is 40.0 Å². The second kappa shape index (κ2) is 11.9. The van der Waals surface area contributed by atoms with E-state index in [-0.39, 0.29) is 0 Å². The second-order valence-electron chi connectivity index (χ2n) is 4.74. The Labute approximate surface area is 122 Å². The van der Waals surface area contributed by atoms with Crippen molar-refractivity contribution in [2.24, 2.45) is 4.99 Å². The maximum Gasteiger partial charge on any atom is 0.191 e. The van der Waals surface area contributed by atoms with Gasteiger partial charge in [0.2, 0.25) is 0 Å². The van der Waals surface area contributed by atoms with Crippen molar-refractivity contribution in [3.63, 3.8) is 0 Å². The van der Waals surface area contributed by atoms with E-state index in [0.29, 0.717) is 19.3 Å². The van der Waals surface area contributed by atoms with Crippen molar-refractivity contribution in [2.75, 3.05) is 53.2 Å². The topological polar surface area (TPSA) is 64.1 Å². The first-order chi connectivity index (χ1) is 9.86. The number of nitrogens with one attached hydrogen (secondary N) is 2. The summed E-state index contributed by atoms with van der Waals surface area (Å²) in [5.74, 6) is 0.837. The van der Waals surface area contributed by atoms with Gasteiger partial charge in [0.15, 0.2) is 5.96 Å². The minimum absolute atomic E-state index is 0.297. The van der Waals surface area contributed by atoms with Gasteiger partial charge in [0.1, 0.15) is 0 Å². The van der Waals surface area contributed by atoms with E-state index in [2.05, 4.69) is 22.5 Å². The average molecular weight is 287 g/mol. The Morgan fingerprint density at radius 2 is 2.25 bits per heavy atom. The Kier molecular flexibility index (Phi) is 10.3. The third-order valence-electron chi connectivity index (χ3n) is 2.99. The average Bonchev–Trinajstić information content (AvgIpc) is 2.96. The zero-order valence-corrected chi connectivity index (χ0v) is 12.8. The molecule has 0 aromatic heterocycles. The Hall–Kier alpha value is -0.850. The van der Waals surface area contributed by atoms with Gasteiger partial charge in [-0.3, -0.25) is 4.99 Å². The predicted molar refractivity (Wildman–Crippen MR) is 80.3 cm³/mol. The van der Waals surface area contributed by atoms with Crippen LogP contribution in [0.15, 0.2) is 4.99 Å². The predicted octanol–water partition coefficient (Wildman–Crippen LogP) is 0.774. The highest BCUT2D eigenvalue weighted by Gasteiger charge is 2.14.